The summed E-state index contributed by atoms with van der Waals surface area (Å²) in [6.07, 6.45) is 3.35. The third-order valence-electron chi connectivity index (χ3n) is 4.85. The number of hydrogen-bond donors (Lipinski definition) is 0. The van der Waals surface area contributed by atoms with E-state index in [0.717, 1.165) is 42.8 Å². The Bertz CT molecular complexity index is 715. The number of benzene rings is 2. The average Bonchev–Trinajstić information content (AvgIpc) is 2.67. The van der Waals surface area contributed by atoms with Gasteiger partial charge in [0.05, 0.1) is 0 Å². The van der Waals surface area contributed by atoms with Crippen molar-refractivity contribution in [1.82, 2.24) is 9.80 Å². The molecule has 0 N–H and O–H groups in total. The lowest BCUT2D eigenvalue weighted by atomic mass is 10.0. The Morgan fingerprint density at radius 3 is 2.58 bits per heavy atom. The molecule has 0 radical (unpaired) electrons. The number of rotatable bonds is 6. The monoisotopic (exact) mass is 352 g/mol. The van der Waals surface area contributed by atoms with Gasteiger partial charge in [0.1, 0.15) is 5.75 Å². The van der Waals surface area contributed by atoms with Crippen LogP contribution >= 0.6 is 0 Å². The second-order valence-corrected chi connectivity index (χ2v) is 7.15. The van der Waals surface area contributed by atoms with E-state index in [1.165, 1.54) is 6.42 Å². The minimum absolute atomic E-state index is 0.0828. The molecule has 3 rings (SSSR count). The Morgan fingerprint density at radius 2 is 1.81 bits per heavy atom. The van der Waals surface area contributed by atoms with Crippen molar-refractivity contribution in [3.63, 3.8) is 0 Å². The quantitative estimate of drug-likeness (QED) is 0.795. The van der Waals surface area contributed by atoms with Gasteiger partial charge >= 0.3 is 0 Å². The van der Waals surface area contributed by atoms with Crippen LogP contribution in [0.3, 0.4) is 0 Å². The van der Waals surface area contributed by atoms with E-state index in [4.69, 9.17) is 4.74 Å². The van der Waals surface area contributed by atoms with E-state index in [1.807, 2.05) is 47.4 Å². The Morgan fingerprint density at radius 1 is 1.08 bits per heavy atom. The molecule has 1 fully saturated rings. The number of ether oxygens (including phenoxy) is 1. The molecule has 0 bridgehead atoms. The molecule has 4 heteroatoms. The molecule has 0 spiro atoms. The molecule has 2 aromatic carbocycles. The van der Waals surface area contributed by atoms with Crippen LogP contribution in [0, 0.1) is 0 Å². The molecule has 4 nitrogen and oxygen atoms in total. The zero-order valence-electron chi connectivity index (χ0n) is 15.7. The molecule has 2 aromatic rings. The summed E-state index contributed by atoms with van der Waals surface area (Å²) in [5.41, 5.74) is 2.11. The van der Waals surface area contributed by atoms with Crippen LogP contribution in [-0.4, -0.2) is 55.5 Å². The van der Waals surface area contributed by atoms with Crippen molar-refractivity contribution in [2.75, 3.05) is 33.8 Å². The van der Waals surface area contributed by atoms with Crippen LogP contribution in [0.5, 0.6) is 5.75 Å². The van der Waals surface area contributed by atoms with E-state index in [9.17, 15) is 4.79 Å². The maximum Gasteiger partial charge on any atom is 0.260 e. The molecular formula is C22H28N2O2. The molecule has 1 aliphatic heterocycles. The van der Waals surface area contributed by atoms with Gasteiger partial charge in [0.2, 0.25) is 0 Å². The van der Waals surface area contributed by atoms with Crippen LogP contribution in [-0.2, 0) is 4.79 Å². The van der Waals surface area contributed by atoms with Crippen LogP contribution in [0.25, 0.3) is 11.1 Å². The van der Waals surface area contributed by atoms with Gasteiger partial charge in [-0.25, -0.2) is 0 Å². The van der Waals surface area contributed by atoms with Gasteiger partial charge in [0.15, 0.2) is 6.61 Å². The minimum Gasteiger partial charge on any atom is -0.483 e. The Hall–Kier alpha value is -2.33. The molecule has 1 atom stereocenters. The highest BCUT2D eigenvalue weighted by molar-refractivity contribution is 5.79. The number of piperidine rings is 1. The van der Waals surface area contributed by atoms with Gasteiger partial charge in [0.25, 0.3) is 5.91 Å². The average molecular weight is 352 g/mol. The third kappa shape index (κ3) is 4.64. The summed E-state index contributed by atoms with van der Waals surface area (Å²) in [7, 11) is 4.12. The van der Waals surface area contributed by atoms with Crippen LogP contribution in [0.2, 0.25) is 0 Å². The van der Waals surface area contributed by atoms with Crippen molar-refractivity contribution in [1.29, 1.82) is 0 Å². The number of para-hydroxylation sites is 1. The maximum absolute atomic E-state index is 12.8. The fourth-order valence-electron chi connectivity index (χ4n) is 3.61. The fraction of sp³-hybridized carbons (Fsp3) is 0.409. The minimum atomic E-state index is 0.0828. The topological polar surface area (TPSA) is 32.8 Å². The zero-order valence-corrected chi connectivity index (χ0v) is 15.7. The van der Waals surface area contributed by atoms with E-state index in [0.29, 0.717) is 6.04 Å². The zero-order chi connectivity index (χ0) is 18.4. The van der Waals surface area contributed by atoms with Crippen LogP contribution in [0.4, 0.5) is 0 Å². The van der Waals surface area contributed by atoms with Crippen molar-refractivity contribution < 1.29 is 9.53 Å². The summed E-state index contributed by atoms with van der Waals surface area (Å²) in [6.45, 7) is 1.83. The van der Waals surface area contributed by atoms with Crippen molar-refractivity contribution in [2.45, 2.75) is 25.3 Å². The highest BCUT2D eigenvalue weighted by atomic mass is 16.5. The summed E-state index contributed by atoms with van der Waals surface area (Å²) >= 11 is 0. The smallest absolute Gasteiger partial charge is 0.260 e. The number of carbonyl (C=O) groups is 1. The highest BCUT2D eigenvalue weighted by Gasteiger charge is 2.27. The van der Waals surface area contributed by atoms with Gasteiger partial charge in [-0.15, -0.1) is 0 Å². The summed E-state index contributed by atoms with van der Waals surface area (Å²) in [6, 6.07) is 18.3. The second-order valence-electron chi connectivity index (χ2n) is 7.15. The lowest BCUT2D eigenvalue weighted by Gasteiger charge is -2.37. The van der Waals surface area contributed by atoms with E-state index in [2.05, 4.69) is 31.1 Å². The normalized spacial score (nSPS) is 17.3. The second kappa shape index (κ2) is 8.86. The fourth-order valence-corrected chi connectivity index (χ4v) is 3.61. The summed E-state index contributed by atoms with van der Waals surface area (Å²) in [5.74, 6) is 0.840. The molecule has 0 unspecified atom stereocenters. The maximum atomic E-state index is 12.8. The largest absolute Gasteiger partial charge is 0.483 e. The number of amides is 1. The standard InChI is InChI=1S/C22H28N2O2/c1-23(2)16-19-12-8-9-15-24(19)22(25)17-26-21-14-7-6-13-20(21)18-10-4-3-5-11-18/h3-7,10-11,13-14,19H,8-9,12,15-17H2,1-2H3/t19-/m1/s1. The van der Waals surface area contributed by atoms with Gasteiger partial charge in [-0.3, -0.25) is 4.79 Å². The first-order chi connectivity index (χ1) is 12.6. The Labute approximate surface area is 156 Å². The Kier molecular flexibility index (Phi) is 6.29. The van der Waals surface area contributed by atoms with E-state index in [-0.39, 0.29) is 12.5 Å². The van der Waals surface area contributed by atoms with Crippen molar-refractivity contribution >= 4 is 5.91 Å². The predicted octanol–water partition coefficient (Wildman–Crippen LogP) is 3.68. The first kappa shape index (κ1) is 18.5. The third-order valence-corrected chi connectivity index (χ3v) is 4.85. The lowest BCUT2D eigenvalue weighted by molar-refractivity contribution is -0.137. The molecule has 26 heavy (non-hydrogen) atoms. The van der Waals surface area contributed by atoms with Gasteiger partial charge in [-0.2, -0.15) is 0 Å². The highest BCUT2D eigenvalue weighted by Crippen LogP contribution is 2.29. The Balaban J connectivity index is 1.68. The summed E-state index contributed by atoms with van der Waals surface area (Å²) in [5, 5.41) is 0. The van der Waals surface area contributed by atoms with Gasteiger partial charge in [-0.1, -0.05) is 48.5 Å². The lowest BCUT2D eigenvalue weighted by Crippen LogP contribution is -2.49. The van der Waals surface area contributed by atoms with E-state index >= 15 is 0 Å². The molecule has 0 aliphatic carbocycles. The molecular weight excluding hydrogens is 324 g/mol. The van der Waals surface area contributed by atoms with E-state index in [1.54, 1.807) is 0 Å². The van der Waals surface area contributed by atoms with Crippen LogP contribution in [0.15, 0.2) is 54.6 Å². The molecule has 0 aromatic heterocycles. The first-order valence-corrected chi connectivity index (χ1v) is 9.36. The summed E-state index contributed by atoms with van der Waals surface area (Å²) < 4.78 is 5.96. The first-order valence-electron chi connectivity index (χ1n) is 9.36. The van der Waals surface area contributed by atoms with Gasteiger partial charge in [0, 0.05) is 24.7 Å². The number of hydrogen-bond acceptors (Lipinski definition) is 3. The molecule has 1 amide bonds. The molecule has 1 saturated heterocycles. The van der Waals surface area contributed by atoms with Crippen LogP contribution in [0.1, 0.15) is 19.3 Å². The molecule has 0 saturated carbocycles. The van der Waals surface area contributed by atoms with Crippen molar-refractivity contribution in [3.8, 4) is 16.9 Å². The number of likely N-dealkylation sites (N-methyl/N-ethyl adjacent to an activating group) is 1. The van der Waals surface area contributed by atoms with E-state index < -0.39 is 0 Å². The number of carbonyl (C=O) groups excluding carboxylic acids is 1. The number of likely N-dealkylation sites (tertiary alicyclic amines) is 1. The predicted molar refractivity (Wildman–Crippen MR) is 105 cm³/mol. The summed E-state index contributed by atoms with van der Waals surface area (Å²) in [4.78, 5) is 17.0. The molecule has 1 heterocycles. The van der Waals surface area contributed by atoms with Crippen molar-refractivity contribution in [2.24, 2.45) is 0 Å². The van der Waals surface area contributed by atoms with Gasteiger partial charge < -0.3 is 14.5 Å². The van der Waals surface area contributed by atoms with Crippen LogP contribution < -0.4 is 4.74 Å². The molecule has 138 valence electrons. The van der Waals surface area contributed by atoms with Crippen molar-refractivity contribution in [3.05, 3.63) is 54.6 Å². The molecule has 1 aliphatic rings. The van der Waals surface area contributed by atoms with Gasteiger partial charge in [-0.05, 0) is 45.0 Å². The SMILES string of the molecule is CN(C)C[C@H]1CCCCN1C(=O)COc1ccccc1-c1ccccc1. The number of nitrogens with zero attached hydrogens (tertiary/aromatic N) is 2.